The Hall–Kier alpha value is -0.300. The molecule has 0 aliphatic carbocycles. The van der Waals surface area contributed by atoms with Crippen LogP contribution in [-0.2, 0) is 6.42 Å². The molecule has 6 heteroatoms. The topological polar surface area (TPSA) is 46.0 Å². The molecule has 0 saturated heterocycles. The first kappa shape index (κ1) is 13.1. The lowest BCUT2D eigenvalue weighted by molar-refractivity contribution is 0.181. The minimum absolute atomic E-state index is 0.300. The summed E-state index contributed by atoms with van der Waals surface area (Å²) in [6.45, 7) is 4.13. The van der Waals surface area contributed by atoms with Crippen molar-refractivity contribution < 1.29 is 5.11 Å². The summed E-state index contributed by atoms with van der Waals surface area (Å²) in [5.74, 6) is 0.300. The molecule has 1 N–H and O–H groups in total. The Morgan fingerprint density at radius 2 is 2.24 bits per heavy atom. The van der Waals surface area contributed by atoms with E-state index >= 15 is 0 Å². The van der Waals surface area contributed by atoms with E-state index in [-0.39, 0.29) is 0 Å². The van der Waals surface area contributed by atoms with Crippen molar-refractivity contribution in [1.29, 1.82) is 0 Å². The number of thiophene rings is 1. The van der Waals surface area contributed by atoms with Gasteiger partial charge in [-0.05, 0) is 39.4 Å². The summed E-state index contributed by atoms with van der Waals surface area (Å²) in [7, 11) is 0. The molecule has 2 aromatic heterocycles. The maximum Gasteiger partial charge on any atom is 0.0965 e. The SMILES string of the molecule is CC(C)c1nnsc1C(O)Cc1cc(Br)cs1. The van der Waals surface area contributed by atoms with Crippen LogP contribution < -0.4 is 0 Å². The van der Waals surface area contributed by atoms with Gasteiger partial charge in [-0.3, -0.25) is 0 Å². The van der Waals surface area contributed by atoms with Crippen LogP contribution in [0.3, 0.4) is 0 Å². The number of aliphatic hydroxyl groups excluding tert-OH is 1. The van der Waals surface area contributed by atoms with Crippen molar-refractivity contribution in [2.45, 2.75) is 32.3 Å². The highest BCUT2D eigenvalue weighted by molar-refractivity contribution is 9.10. The van der Waals surface area contributed by atoms with Gasteiger partial charge in [-0.25, -0.2) is 0 Å². The van der Waals surface area contributed by atoms with Gasteiger partial charge in [-0.1, -0.05) is 18.3 Å². The average molecular weight is 333 g/mol. The molecule has 3 nitrogen and oxygen atoms in total. The fraction of sp³-hybridized carbons (Fsp3) is 0.455. The van der Waals surface area contributed by atoms with Crippen molar-refractivity contribution >= 4 is 38.8 Å². The first-order chi connectivity index (χ1) is 8.08. The molecule has 0 aliphatic rings. The normalized spacial score (nSPS) is 13.2. The largest absolute Gasteiger partial charge is 0.387 e. The van der Waals surface area contributed by atoms with Crippen LogP contribution in [0.2, 0.25) is 0 Å². The third-order valence-electron chi connectivity index (χ3n) is 2.41. The number of aliphatic hydroxyl groups is 1. The Morgan fingerprint density at radius 1 is 1.47 bits per heavy atom. The quantitative estimate of drug-likeness (QED) is 0.927. The van der Waals surface area contributed by atoms with E-state index < -0.39 is 6.10 Å². The molecule has 0 spiro atoms. The van der Waals surface area contributed by atoms with E-state index in [1.807, 2.05) is 11.4 Å². The number of rotatable bonds is 4. The molecule has 1 unspecified atom stereocenters. The first-order valence-electron chi connectivity index (χ1n) is 5.31. The van der Waals surface area contributed by atoms with Crippen molar-refractivity contribution in [3.8, 4) is 0 Å². The Morgan fingerprint density at radius 3 is 2.82 bits per heavy atom. The van der Waals surface area contributed by atoms with Crippen LogP contribution in [0.5, 0.6) is 0 Å². The predicted molar refractivity (Wildman–Crippen MR) is 74.7 cm³/mol. The van der Waals surface area contributed by atoms with Crippen LogP contribution in [0, 0.1) is 0 Å². The molecule has 0 aliphatic heterocycles. The minimum atomic E-state index is -0.502. The molecule has 2 heterocycles. The molecular formula is C11H13BrN2OS2. The van der Waals surface area contributed by atoms with Crippen LogP contribution >= 0.6 is 38.8 Å². The molecule has 0 amide bonds. The van der Waals surface area contributed by atoms with Crippen LogP contribution in [0.1, 0.15) is 41.3 Å². The van der Waals surface area contributed by atoms with Gasteiger partial charge in [0.15, 0.2) is 0 Å². The minimum Gasteiger partial charge on any atom is -0.387 e. The molecule has 0 bridgehead atoms. The maximum atomic E-state index is 10.2. The van der Waals surface area contributed by atoms with E-state index in [4.69, 9.17) is 0 Å². The first-order valence-corrected chi connectivity index (χ1v) is 7.75. The summed E-state index contributed by atoms with van der Waals surface area (Å²) in [4.78, 5) is 2.05. The lowest BCUT2D eigenvalue weighted by Crippen LogP contribution is -2.03. The van der Waals surface area contributed by atoms with E-state index in [2.05, 4.69) is 39.4 Å². The van der Waals surface area contributed by atoms with Gasteiger partial charge in [-0.15, -0.1) is 16.4 Å². The van der Waals surface area contributed by atoms with E-state index in [0.717, 1.165) is 19.9 Å². The van der Waals surface area contributed by atoms with E-state index in [1.165, 1.54) is 11.5 Å². The number of nitrogens with zero attached hydrogens (tertiary/aromatic N) is 2. The Kier molecular flexibility index (Phi) is 4.30. The van der Waals surface area contributed by atoms with Crippen LogP contribution in [0.25, 0.3) is 0 Å². The summed E-state index contributed by atoms with van der Waals surface area (Å²) in [5, 5.41) is 16.3. The highest BCUT2D eigenvalue weighted by Crippen LogP contribution is 2.30. The molecule has 2 aromatic rings. The van der Waals surface area contributed by atoms with Crippen molar-refractivity contribution in [3.63, 3.8) is 0 Å². The molecule has 0 saturated carbocycles. The second-order valence-corrected chi connectivity index (χ2v) is 6.83. The van der Waals surface area contributed by atoms with Gasteiger partial charge < -0.3 is 5.11 Å². The lowest BCUT2D eigenvalue weighted by Gasteiger charge is -2.09. The number of hydrogen-bond donors (Lipinski definition) is 1. The standard InChI is InChI=1S/C11H13BrN2OS2/c1-6(2)10-11(17-14-13-10)9(15)4-8-3-7(12)5-16-8/h3,5-6,9,15H,4H2,1-2H3. The number of aromatic nitrogens is 2. The molecule has 1 atom stereocenters. The average Bonchev–Trinajstić information content (AvgIpc) is 2.86. The van der Waals surface area contributed by atoms with Gasteiger partial charge >= 0.3 is 0 Å². The van der Waals surface area contributed by atoms with Crippen molar-refractivity contribution in [1.82, 2.24) is 9.59 Å². The maximum absolute atomic E-state index is 10.2. The van der Waals surface area contributed by atoms with Crippen molar-refractivity contribution in [2.75, 3.05) is 0 Å². The molecule has 92 valence electrons. The number of hydrogen-bond acceptors (Lipinski definition) is 5. The molecule has 2 rings (SSSR count). The summed E-state index contributed by atoms with van der Waals surface area (Å²) in [6, 6.07) is 2.04. The molecule has 0 fully saturated rings. The van der Waals surface area contributed by atoms with E-state index in [1.54, 1.807) is 11.3 Å². The van der Waals surface area contributed by atoms with Gasteiger partial charge in [0.25, 0.3) is 0 Å². The second kappa shape index (κ2) is 5.56. The van der Waals surface area contributed by atoms with Crippen LogP contribution in [0.4, 0.5) is 0 Å². The highest BCUT2D eigenvalue weighted by Gasteiger charge is 2.19. The van der Waals surface area contributed by atoms with Gasteiger partial charge in [0.2, 0.25) is 0 Å². The Labute approximate surface area is 117 Å². The molecular weight excluding hydrogens is 320 g/mol. The third kappa shape index (κ3) is 3.13. The van der Waals surface area contributed by atoms with Gasteiger partial charge in [0.1, 0.15) is 0 Å². The summed E-state index contributed by atoms with van der Waals surface area (Å²) >= 11 is 6.36. The second-order valence-electron chi connectivity index (χ2n) is 4.13. The monoisotopic (exact) mass is 332 g/mol. The zero-order chi connectivity index (χ0) is 12.4. The Bertz CT molecular complexity index is 495. The van der Waals surface area contributed by atoms with E-state index in [9.17, 15) is 5.11 Å². The van der Waals surface area contributed by atoms with Crippen molar-refractivity contribution in [3.05, 3.63) is 31.4 Å². The fourth-order valence-electron chi connectivity index (χ4n) is 1.58. The molecule has 0 radical (unpaired) electrons. The predicted octanol–water partition coefficient (Wildman–Crippen LogP) is 3.76. The van der Waals surface area contributed by atoms with E-state index in [0.29, 0.717) is 12.3 Å². The Balaban J connectivity index is 2.14. The molecule has 0 aromatic carbocycles. The highest BCUT2D eigenvalue weighted by atomic mass is 79.9. The summed E-state index contributed by atoms with van der Waals surface area (Å²) in [5.41, 5.74) is 0.915. The fourth-order valence-corrected chi connectivity index (χ4v) is 3.86. The lowest BCUT2D eigenvalue weighted by atomic mass is 10.1. The van der Waals surface area contributed by atoms with Gasteiger partial charge in [-0.2, -0.15) is 0 Å². The summed E-state index contributed by atoms with van der Waals surface area (Å²) < 4.78 is 5.00. The van der Waals surface area contributed by atoms with Crippen LogP contribution in [-0.4, -0.2) is 14.7 Å². The van der Waals surface area contributed by atoms with Gasteiger partial charge in [0.05, 0.1) is 16.7 Å². The molecule has 17 heavy (non-hydrogen) atoms. The zero-order valence-electron chi connectivity index (χ0n) is 9.55. The third-order valence-corrected chi connectivity index (χ3v) is 4.97. The van der Waals surface area contributed by atoms with Crippen molar-refractivity contribution in [2.24, 2.45) is 0 Å². The smallest absolute Gasteiger partial charge is 0.0965 e. The zero-order valence-corrected chi connectivity index (χ0v) is 12.8. The van der Waals surface area contributed by atoms with Gasteiger partial charge in [0, 0.05) is 21.2 Å². The summed E-state index contributed by atoms with van der Waals surface area (Å²) in [6.07, 6.45) is 0.123. The number of halogens is 1. The van der Waals surface area contributed by atoms with Crippen LogP contribution in [0.15, 0.2) is 15.9 Å².